The molecular formula is C18H18FN5O2. The number of nitrogens with one attached hydrogen (secondary N) is 1. The average molecular weight is 355 g/mol. The normalized spacial score (nSPS) is 10.7. The number of rotatable bonds is 5. The van der Waals surface area contributed by atoms with Gasteiger partial charge >= 0.3 is 0 Å². The van der Waals surface area contributed by atoms with Gasteiger partial charge in [-0.15, -0.1) is 0 Å². The van der Waals surface area contributed by atoms with Gasteiger partial charge in [0.05, 0.1) is 18.4 Å². The second-order valence-electron chi connectivity index (χ2n) is 5.57. The molecule has 0 spiro atoms. The molecule has 26 heavy (non-hydrogen) atoms. The van der Waals surface area contributed by atoms with Crippen LogP contribution >= 0.6 is 0 Å². The number of amides is 1. The Bertz CT molecular complexity index is 977. The van der Waals surface area contributed by atoms with Crippen LogP contribution in [0, 0.1) is 5.82 Å². The van der Waals surface area contributed by atoms with Crippen molar-refractivity contribution < 1.29 is 13.9 Å². The minimum Gasteiger partial charge on any atom is -0.479 e. The molecule has 2 aromatic heterocycles. The Morgan fingerprint density at radius 2 is 2.00 bits per heavy atom. The number of benzene rings is 1. The number of halogens is 1. The lowest BCUT2D eigenvalue weighted by atomic mass is 10.0. The van der Waals surface area contributed by atoms with E-state index in [0.29, 0.717) is 17.3 Å². The van der Waals surface area contributed by atoms with Crippen LogP contribution in [0.2, 0.25) is 0 Å². The molecule has 1 aromatic carbocycles. The molecule has 0 saturated carbocycles. The summed E-state index contributed by atoms with van der Waals surface area (Å²) in [7, 11) is 1.43. The number of pyridine rings is 1. The number of ether oxygens (including phenoxy) is 1. The molecule has 1 amide bonds. The Balaban J connectivity index is 2.22. The highest BCUT2D eigenvalue weighted by atomic mass is 19.1. The van der Waals surface area contributed by atoms with Gasteiger partial charge in [-0.2, -0.15) is 0 Å². The van der Waals surface area contributed by atoms with Crippen molar-refractivity contribution in [2.75, 3.05) is 19.4 Å². The number of nitrogens with zero attached hydrogens (tertiary/aromatic N) is 3. The third kappa shape index (κ3) is 3.01. The highest BCUT2D eigenvalue weighted by Crippen LogP contribution is 2.36. The number of nitrogens with two attached hydrogens (primary N) is 1. The summed E-state index contributed by atoms with van der Waals surface area (Å²) in [5.74, 6) is -0.697. The molecule has 3 aromatic rings. The summed E-state index contributed by atoms with van der Waals surface area (Å²) >= 11 is 0. The van der Waals surface area contributed by atoms with Crippen molar-refractivity contribution in [1.29, 1.82) is 0 Å². The van der Waals surface area contributed by atoms with E-state index in [-0.39, 0.29) is 34.4 Å². The molecule has 134 valence electrons. The zero-order chi connectivity index (χ0) is 18.7. The molecule has 0 unspecified atom stereocenters. The fraction of sp³-hybridized carbons (Fsp3) is 0.222. The average Bonchev–Trinajstić information content (AvgIpc) is 2.66. The van der Waals surface area contributed by atoms with Crippen LogP contribution in [-0.2, 0) is 0 Å². The summed E-state index contributed by atoms with van der Waals surface area (Å²) in [6.45, 7) is 2.46. The van der Waals surface area contributed by atoms with Crippen LogP contribution in [0.1, 0.15) is 23.8 Å². The first kappa shape index (κ1) is 17.5. The minimum absolute atomic E-state index is 0.106. The molecule has 0 atom stereocenters. The number of hydrogen-bond acceptors (Lipinski definition) is 6. The Morgan fingerprint density at radius 3 is 2.73 bits per heavy atom. The molecule has 0 fully saturated rings. The summed E-state index contributed by atoms with van der Waals surface area (Å²) < 4.78 is 19.8. The van der Waals surface area contributed by atoms with Crippen LogP contribution in [0.25, 0.3) is 22.0 Å². The Kier molecular flexibility index (Phi) is 4.92. The van der Waals surface area contributed by atoms with E-state index >= 15 is 0 Å². The van der Waals surface area contributed by atoms with E-state index in [1.165, 1.54) is 37.8 Å². The number of nitrogen functional groups attached to an aromatic ring is 1. The summed E-state index contributed by atoms with van der Waals surface area (Å²) in [6, 6.07) is 2.79. The third-order valence-electron chi connectivity index (χ3n) is 3.91. The van der Waals surface area contributed by atoms with Gasteiger partial charge in [-0.25, -0.2) is 19.3 Å². The summed E-state index contributed by atoms with van der Waals surface area (Å²) in [5.41, 5.74) is 6.84. The standard InChI is InChI=1S/C18H18FN5O2/c1-3-6-22-17(25)16-14(20)10-4-5-12(19)13(11(10)9-24-16)15-18(26-2)23-8-7-21-15/h4-5,7-9H,3,6,20H2,1-2H3,(H,22,25). The Morgan fingerprint density at radius 1 is 1.23 bits per heavy atom. The van der Waals surface area contributed by atoms with Gasteiger partial charge in [-0.1, -0.05) is 6.92 Å². The molecule has 8 heteroatoms. The smallest absolute Gasteiger partial charge is 0.272 e. The van der Waals surface area contributed by atoms with Gasteiger partial charge < -0.3 is 15.8 Å². The monoisotopic (exact) mass is 355 g/mol. The van der Waals surface area contributed by atoms with Crippen LogP contribution in [0.3, 0.4) is 0 Å². The van der Waals surface area contributed by atoms with Crippen molar-refractivity contribution in [3.8, 4) is 17.1 Å². The van der Waals surface area contributed by atoms with Crippen molar-refractivity contribution in [2.24, 2.45) is 0 Å². The van der Waals surface area contributed by atoms with E-state index in [4.69, 9.17) is 10.5 Å². The van der Waals surface area contributed by atoms with Crippen molar-refractivity contribution in [2.45, 2.75) is 13.3 Å². The maximum absolute atomic E-state index is 14.6. The van der Waals surface area contributed by atoms with E-state index in [9.17, 15) is 9.18 Å². The molecule has 3 rings (SSSR count). The van der Waals surface area contributed by atoms with Crippen LogP contribution < -0.4 is 15.8 Å². The SMILES string of the molecule is CCCNC(=O)c1ncc2c(-c3nccnc3OC)c(F)ccc2c1N. The molecular weight excluding hydrogens is 337 g/mol. The predicted molar refractivity (Wildman–Crippen MR) is 96.3 cm³/mol. The minimum atomic E-state index is -0.513. The van der Waals surface area contributed by atoms with E-state index in [1.807, 2.05) is 6.92 Å². The second-order valence-corrected chi connectivity index (χ2v) is 5.57. The number of carbonyl (C=O) groups is 1. The molecule has 0 aliphatic rings. The number of fused-ring (bicyclic) bond motifs is 1. The maximum atomic E-state index is 14.6. The van der Waals surface area contributed by atoms with E-state index < -0.39 is 5.82 Å². The van der Waals surface area contributed by atoms with E-state index in [1.54, 1.807) is 0 Å². The van der Waals surface area contributed by atoms with Crippen molar-refractivity contribution in [3.05, 3.63) is 42.2 Å². The lowest BCUT2D eigenvalue weighted by molar-refractivity contribution is 0.0950. The largest absolute Gasteiger partial charge is 0.479 e. The van der Waals surface area contributed by atoms with Gasteiger partial charge in [0.1, 0.15) is 11.5 Å². The zero-order valence-corrected chi connectivity index (χ0v) is 14.4. The second kappa shape index (κ2) is 7.30. The topological polar surface area (TPSA) is 103 Å². The van der Waals surface area contributed by atoms with Crippen LogP contribution in [-0.4, -0.2) is 34.5 Å². The maximum Gasteiger partial charge on any atom is 0.272 e. The van der Waals surface area contributed by atoms with Gasteiger partial charge in [-0.3, -0.25) is 4.79 Å². The number of methoxy groups -OCH3 is 1. The number of carbonyl (C=O) groups excluding carboxylic acids is 1. The van der Waals surface area contributed by atoms with Crippen LogP contribution in [0.4, 0.5) is 10.1 Å². The molecule has 0 bridgehead atoms. The summed E-state index contributed by atoms with van der Waals surface area (Å²) in [6.07, 6.45) is 5.10. The number of anilines is 1. The first-order valence-electron chi connectivity index (χ1n) is 8.08. The lowest BCUT2D eigenvalue weighted by Crippen LogP contribution is -2.26. The van der Waals surface area contributed by atoms with E-state index in [2.05, 4.69) is 20.3 Å². The zero-order valence-electron chi connectivity index (χ0n) is 14.4. The highest BCUT2D eigenvalue weighted by molar-refractivity contribution is 6.09. The van der Waals surface area contributed by atoms with Crippen LogP contribution in [0.15, 0.2) is 30.7 Å². The van der Waals surface area contributed by atoms with E-state index in [0.717, 1.165) is 6.42 Å². The molecule has 0 saturated heterocycles. The first-order chi connectivity index (χ1) is 12.6. The van der Waals surface area contributed by atoms with Gasteiger partial charge in [0.25, 0.3) is 5.91 Å². The fourth-order valence-corrected chi connectivity index (χ4v) is 2.68. The summed E-state index contributed by atoms with van der Waals surface area (Å²) in [4.78, 5) is 24.6. The molecule has 0 aliphatic heterocycles. The van der Waals surface area contributed by atoms with Crippen LogP contribution in [0.5, 0.6) is 5.88 Å². The lowest BCUT2D eigenvalue weighted by Gasteiger charge is -2.13. The van der Waals surface area contributed by atoms with Crippen molar-refractivity contribution >= 4 is 22.4 Å². The highest BCUT2D eigenvalue weighted by Gasteiger charge is 2.20. The fourth-order valence-electron chi connectivity index (χ4n) is 2.68. The molecule has 7 nitrogen and oxygen atoms in total. The number of aromatic nitrogens is 3. The Hall–Kier alpha value is -3.29. The molecule has 0 radical (unpaired) electrons. The molecule has 2 heterocycles. The predicted octanol–water partition coefficient (Wildman–Crippen LogP) is 2.56. The van der Waals surface area contributed by atoms with Gasteiger partial charge in [-0.05, 0) is 18.6 Å². The number of hydrogen-bond donors (Lipinski definition) is 2. The summed E-state index contributed by atoms with van der Waals surface area (Å²) in [5, 5.41) is 3.66. The van der Waals surface area contributed by atoms with Crippen molar-refractivity contribution in [1.82, 2.24) is 20.3 Å². The van der Waals surface area contributed by atoms with Crippen molar-refractivity contribution in [3.63, 3.8) is 0 Å². The molecule has 0 aliphatic carbocycles. The van der Waals surface area contributed by atoms with Gasteiger partial charge in [0.2, 0.25) is 5.88 Å². The van der Waals surface area contributed by atoms with Gasteiger partial charge in [0.15, 0.2) is 5.69 Å². The Labute approximate surface area is 149 Å². The van der Waals surface area contributed by atoms with Gasteiger partial charge in [0, 0.05) is 35.9 Å². The first-order valence-corrected chi connectivity index (χ1v) is 8.08. The molecule has 3 N–H and O–H groups in total. The third-order valence-corrected chi connectivity index (χ3v) is 3.91. The quantitative estimate of drug-likeness (QED) is 0.729.